The number of nitrogens with two attached hydrogens (primary N) is 1. The molecule has 0 aliphatic heterocycles. The number of aryl methyl sites for hydroxylation is 2. The Morgan fingerprint density at radius 3 is 2.53 bits per heavy atom. The van der Waals surface area contributed by atoms with Gasteiger partial charge in [0.1, 0.15) is 11.5 Å². The number of anilines is 1. The fourth-order valence-electron chi connectivity index (χ4n) is 1.80. The Labute approximate surface area is 100 Å². The van der Waals surface area contributed by atoms with Crippen molar-refractivity contribution >= 4 is 5.69 Å². The second-order valence-electron chi connectivity index (χ2n) is 4.06. The number of aromatic hydroxyl groups is 2. The number of nitrogen functional groups attached to an aromatic ring is 1. The molecule has 0 radical (unpaired) electrons. The maximum atomic E-state index is 9.63. The molecule has 0 aliphatic carbocycles. The molecule has 0 spiro atoms. The van der Waals surface area contributed by atoms with E-state index >= 15 is 0 Å². The normalized spacial score (nSPS) is 10.4. The molecule has 3 heteroatoms. The zero-order valence-corrected chi connectivity index (χ0v) is 9.43. The fourth-order valence-corrected chi connectivity index (χ4v) is 1.80. The summed E-state index contributed by atoms with van der Waals surface area (Å²) in [5, 5.41) is 19.0. The Balaban J connectivity index is 2.09. The van der Waals surface area contributed by atoms with Crippen LogP contribution in [0.15, 0.2) is 42.5 Å². The highest BCUT2D eigenvalue weighted by atomic mass is 16.3. The van der Waals surface area contributed by atoms with Gasteiger partial charge in [0.15, 0.2) is 0 Å². The van der Waals surface area contributed by atoms with Crippen molar-refractivity contribution in [2.45, 2.75) is 12.8 Å². The first-order valence-corrected chi connectivity index (χ1v) is 5.50. The van der Waals surface area contributed by atoms with E-state index in [4.69, 9.17) is 5.73 Å². The quantitative estimate of drug-likeness (QED) is 0.559. The van der Waals surface area contributed by atoms with Gasteiger partial charge >= 0.3 is 0 Å². The van der Waals surface area contributed by atoms with E-state index in [0.29, 0.717) is 6.42 Å². The maximum Gasteiger partial charge on any atom is 0.119 e. The van der Waals surface area contributed by atoms with Gasteiger partial charge in [-0.25, -0.2) is 0 Å². The summed E-state index contributed by atoms with van der Waals surface area (Å²) in [7, 11) is 0. The van der Waals surface area contributed by atoms with Crippen LogP contribution in [0.2, 0.25) is 0 Å². The average Bonchev–Trinajstić information content (AvgIpc) is 2.30. The lowest BCUT2D eigenvalue weighted by molar-refractivity contribution is 0.454. The number of phenolic OH excluding ortho intramolecular Hbond substituents is 2. The van der Waals surface area contributed by atoms with E-state index in [-0.39, 0.29) is 11.5 Å². The molecule has 0 fully saturated rings. The summed E-state index contributed by atoms with van der Waals surface area (Å²) in [5.41, 5.74) is 8.29. The van der Waals surface area contributed by atoms with Crippen molar-refractivity contribution in [1.29, 1.82) is 0 Å². The van der Waals surface area contributed by atoms with Gasteiger partial charge in [0, 0.05) is 5.69 Å². The van der Waals surface area contributed by atoms with Crippen LogP contribution in [-0.2, 0) is 12.8 Å². The van der Waals surface area contributed by atoms with Gasteiger partial charge in [-0.3, -0.25) is 0 Å². The summed E-state index contributed by atoms with van der Waals surface area (Å²) >= 11 is 0. The van der Waals surface area contributed by atoms with Gasteiger partial charge < -0.3 is 15.9 Å². The van der Waals surface area contributed by atoms with Crippen molar-refractivity contribution in [3.63, 3.8) is 0 Å². The van der Waals surface area contributed by atoms with Crippen LogP contribution in [-0.4, -0.2) is 10.2 Å². The topological polar surface area (TPSA) is 66.5 Å². The molecule has 0 aromatic heterocycles. The molecule has 0 saturated heterocycles. The molecule has 0 unspecified atom stereocenters. The van der Waals surface area contributed by atoms with E-state index < -0.39 is 0 Å². The van der Waals surface area contributed by atoms with Crippen LogP contribution in [0.3, 0.4) is 0 Å². The molecule has 2 aromatic rings. The van der Waals surface area contributed by atoms with Crippen LogP contribution < -0.4 is 5.73 Å². The number of hydrogen-bond donors (Lipinski definition) is 3. The predicted molar refractivity (Wildman–Crippen MR) is 68.0 cm³/mol. The Hall–Kier alpha value is -2.16. The second-order valence-corrected chi connectivity index (χ2v) is 4.06. The lowest BCUT2D eigenvalue weighted by Crippen LogP contribution is -1.93. The van der Waals surface area contributed by atoms with Gasteiger partial charge in [-0.05, 0) is 54.3 Å². The minimum Gasteiger partial charge on any atom is -0.508 e. The zero-order valence-electron chi connectivity index (χ0n) is 9.43. The third-order valence-electron chi connectivity index (χ3n) is 2.70. The van der Waals surface area contributed by atoms with E-state index in [1.807, 2.05) is 24.3 Å². The maximum absolute atomic E-state index is 9.63. The van der Waals surface area contributed by atoms with Crippen LogP contribution in [0.25, 0.3) is 0 Å². The van der Waals surface area contributed by atoms with Crippen molar-refractivity contribution in [3.8, 4) is 11.5 Å². The van der Waals surface area contributed by atoms with E-state index in [0.717, 1.165) is 23.2 Å². The third kappa shape index (κ3) is 2.91. The molecule has 0 amide bonds. The first kappa shape index (κ1) is 11.3. The largest absolute Gasteiger partial charge is 0.508 e. The molecular formula is C14H15NO2. The summed E-state index contributed by atoms with van der Waals surface area (Å²) < 4.78 is 0. The standard InChI is InChI=1S/C14H15NO2/c15-12-3-1-2-10(8-12)4-5-11-9-13(16)6-7-14(11)17/h1-3,6-9,16-17H,4-5,15H2. The lowest BCUT2D eigenvalue weighted by atomic mass is 10.0. The summed E-state index contributed by atoms with van der Waals surface area (Å²) in [6.07, 6.45) is 1.45. The molecule has 2 rings (SSSR count). The number of rotatable bonds is 3. The predicted octanol–water partition coefficient (Wildman–Crippen LogP) is 2.47. The molecule has 2 aromatic carbocycles. The van der Waals surface area contributed by atoms with Crippen molar-refractivity contribution in [1.82, 2.24) is 0 Å². The van der Waals surface area contributed by atoms with Crippen molar-refractivity contribution < 1.29 is 10.2 Å². The highest BCUT2D eigenvalue weighted by molar-refractivity contribution is 5.42. The van der Waals surface area contributed by atoms with Crippen LogP contribution in [0, 0.1) is 0 Å². The van der Waals surface area contributed by atoms with Gasteiger partial charge in [0.05, 0.1) is 0 Å². The fraction of sp³-hybridized carbons (Fsp3) is 0.143. The Kier molecular flexibility index (Phi) is 3.19. The van der Waals surface area contributed by atoms with E-state index in [1.54, 1.807) is 6.07 Å². The molecule has 0 saturated carbocycles. The minimum absolute atomic E-state index is 0.172. The van der Waals surface area contributed by atoms with Crippen LogP contribution >= 0.6 is 0 Å². The third-order valence-corrected chi connectivity index (χ3v) is 2.70. The van der Waals surface area contributed by atoms with Crippen molar-refractivity contribution in [2.24, 2.45) is 0 Å². The number of phenols is 2. The van der Waals surface area contributed by atoms with Crippen LogP contribution in [0.5, 0.6) is 11.5 Å². The monoisotopic (exact) mass is 229 g/mol. The van der Waals surface area contributed by atoms with E-state index in [1.165, 1.54) is 12.1 Å². The van der Waals surface area contributed by atoms with Gasteiger partial charge in [-0.1, -0.05) is 12.1 Å². The molecule has 88 valence electrons. The molecule has 4 N–H and O–H groups in total. The lowest BCUT2D eigenvalue weighted by Gasteiger charge is -2.06. The Morgan fingerprint density at radius 1 is 0.941 bits per heavy atom. The first-order chi connectivity index (χ1) is 8.15. The summed E-state index contributed by atoms with van der Waals surface area (Å²) in [4.78, 5) is 0. The molecule has 0 heterocycles. The SMILES string of the molecule is Nc1cccc(CCc2cc(O)ccc2O)c1. The smallest absolute Gasteiger partial charge is 0.119 e. The van der Waals surface area contributed by atoms with E-state index in [2.05, 4.69) is 0 Å². The molecule has 0 aliphatic rings. The molecule has 17 heavy (non-hydrogen) atoms. The summed E-state index contributed by atoms with van der Waals surface area (Å²) in [6, 6.07) is 12.2. The van der Waals surface area contributed by atoms with Crippen molar-refractivity contribution in [2.75, 3.05) is 5.73 Å². The van der Waals surface area contributed by atoms with Gasteiger partial charge in [0.25, 0.3) is 0 Å². The van der Waals surface area contributed by atoms with Gasteiger partial charge in [-0.15, -0.1) is 0 Å². The molecule has 3 nitrogen and oxygen atoms in total. The second kappa shape index (κ2) is 4.78. The number of benzene rings is 2. The summed E-state index contributed by atoms with van der Waals surface area (Å²) in [5.74, 6) is 0.386. The van der Waals surface area contributed by atoms with Crippen LogP contribution in [0.4, 0.5) is 5.69 Å². The van der Waals surface area contributed by atoms with Crippen molar-refractivity contribution in [3.05, 3.63) is 53.6 Å². The van der Waals surface area contributed by atoms with E-state index in [9.17, 15) is 10.2 Å². The van der Waals surface area contributed by atoms with Gasteiger partial charge in [0.2, 0.25) is 0 Å². The van der Waals surface area contributed by atoms with Crippen LogP contribution in [0.1, 0.15) is 11.1 Å². The Morgan fingerprint density at radius 2 is 1.76 bits per heavy atom. The highest BCUT2D eigenvalue weighted by Gasteiger charge is 2.03. The molecule has 0 atom stereocenters. The molecular weight excluding hydrogens is 214 g/mol. The summed E-state index contributed by atoms with van der Waals surface area (Å²) in [6.45, 7) is 0. The first-order valence-electron chi connectivity index (χ1n) is 5.50. The highest BCUT2D eigenvalue weighted by Crippen LogP contribution is 2.23. The minimum atomic E-state index is 0.172. The number of hydrogen-bond acceptors (Lipinski definition) is 3. The average molecular weight is 229 g/mol. The molecule has 0 bridgehead atoms. The zero-order chi connectivity index (χ0) is 12.3. The van der Waals surface area contributed by atoms with Gasteiger partial charge in [-0.2, -0.15) is 0 Å². The Bertz CT molecular complexity index is 523.